The third-order valence-electron chi connectivity index (χ3n) is 5.94. The Labute approximate surface area is 204 Å². The van der Waals surface area contributed by atoms with Gasteiger partial charge in [-0.25, -0.2) is 9.59 Å². The van der Waals surface area contributed by atoms with Crippen molar-refractivity contribution in [3.8, 4) is 0 Å². The zero-order valence-corrected chi connectivity index (χ0v) is 20.5. The summed E-state index contributed by atoms with van der Waals surface area (Å²) in [5.74, 6) is -2.00. The number of imidazole rings is 1. The number of hydrogen-bond acceptors (Lipinski definition) is 7. The molecular weight excluding hydrogens is 485 g/mol. The van der Waals surface area contributed by atoms with Crippen LogP contribution in [0.2, 0.25) is 0 Å². The predicted octanol–water partition coefficient (Wildman–Crippen LogP) is 1.08. The van der Waals surface area contributed by atoms with E-state index < -0.39 is 12.1 Å². The highest BCUT2D eigenvalue weighted by molar-refractivity contribution is 5.75. The van der Waals surface area contributed by atoms with Gasteiger partial charge < -0.3 is 24.6 Å². The SMILES string of the molecule is CC(C)=CCn1c(N2CCNCC2)nc2c1c(=O)n(C)c(=O)n2CC1CCCO1.O=C(O)C(F)(F)F. The number of alkyl halides is 3. The first kappa shape index (κ1) is 27.5. The zero-order valence-electron chi connectivity index (χ0n) is 20.5. The molecule has 0 aromatic carbocycles. The molecule has 0 aliphatic carbocycles. The van der Waals surface area contributed by atoms with E-state index in [4.69, 9.17) is 19.6 Å². The molecular formula is C22H31F3N6O5. The number of anilines is 1. The average Bonchev–Trinajstić information content (AvgIpc) is 3.47. The number of ether oxygens (including phenoxy) is 1. The molecule has 2 aromatic rings. The van der Waals surface area contributed by atoms with Gasteiger partial charge in [-0.2, -0.15) is 18.2 Å². The minimum atomic E-state index is -5.08. The van der Waals surface area contributed by atoms with Crippen molar-refractivity contribution in [2.45, 2.75) is 52.1 Å². The first-order valence-electron chi connectivity index (χ1n) is 11.6. The van der Waals surface area contributed by atoms with Crippen LogP contribution in [0.25, 0.3) is 11.2 Å². The first-order valence-corrected chi connectivity index (χ1v) is 11.6. The number of carboxylic acids is 1. The number of halogens is 3. The Morgan fingerprint density at radius 2 is 1.86 bits per heavy atom. The van der Waals surface area contributed by atoms with Gasteiger partial charge in [0, 0.05) is 46.4 Å². The second kappa shape index (κ2) is 11.3. The summed E-state index contributed by atoms with van der Waals surface area (Å²) < 4.78 is 42.3. The van der Waals surface area contributed by atoms with E-state index in [1.165, 1.54) is 10.1 Å². The molecule has 2 saturated heterocycles. The number of fused-ring (bicyclic) bond motifs is 1. The summed E-state index contributed by atoms with van der Waals surface area (Å²) in [4.78, 5) is 42.0. The summed E-state index contributed by atoms with van der Waals surface area (Å²) in [5.41, 5.74) is 1.48. The van der Waals surface area contributed by atoms with Crippen molar-refractivity contribution in [3.63, 3.8) is 0 Å². The summed E-state index contributed by atoms with van der Waals surface area (Å²) in [6, 6.07) is 0. The van der Waals surface area contributed by atoms with Crippen molar-refractivity contribution in [1.82, 2.24) is 24.0 Å². The molecule has 0 amide bonds. The van der Waals surface area contributed by atoms with Crippen LogP contribution in [-0.4, -0.2) is 74.8 Å². The number of allylic oxidation sites excluding steroid dienone is 2. The Kier molecular flexibility index (Phi) is 8.61. The quantitative estimate of drug-likeness (QED) is 0.566. The number of piperazine rings is 1. The van der Waals surface area contributed by atoms with E-state index in [1.54, 1.807) is 11.6 Å². The van der Waals surface area contributed by atoms with Gasteiger partial charge in [0.05, 0.1) is 12.6 Å². The molecule has 2 aliphatic rings. The molecule has 0 radical (unpaired) electrons. The van der Waals surface area contributed by atoms with Crippen molar-refractivity contribution in [2.24, 2.45) is 7.05 Å². The van der Waals surface area contributed by atoms with Crippen molar-refractivity contribution in [3.05, 3.63) is 32.5 Å². The second-order valence-electron chi connectivity index (χ2n) is 8.91. The maximum Gasteiger partial charge on any atom is 0.490 e. The second-order valence-corrected chi connectivity index (χ2v) is 8.91. The molecule has 2 fully saturated rings. The molecule has 11 nitrogen and oxygen atoms in total. The molecule has 1 unspecified atom stereocenters. The molecule has 4 heterocycles. The summed E-state index contributed by atoms with van der Waals surface area (Å²) in [6.45, 7) is 9.12. The predicted molar refractivity (Wildman–Crippen MR) is 126 cm³/mol. The molecule has 200 valence electrons. The molecule has 1 atom stereocenters. The lowest BCUT2D eigenvalue weighted by Gasteiger charge is -2.28. The van der Waals surface area contributed by atoms with Gasteiger partial charge in [0.2, 0.25) is 5.95 Å². The highest BCUT2D eigenvalue weighted by atomic mass is 19.4. The molecule has 2 aliphatic heterocycles. The number of nitrogens with zero attached hydrogens (tertiary/aromatic N) is 5. The first-order chi connectivity index (χ1) is 16.9. The van der Waals surface area contributed by atoms with Gasteiger partial charge in [-0.05, 0) is 26.7 Å². The van der Waals surface area contributed by atoms with E-state index in [0.717, 1.165) is 51.6 Å². The minimum absolute atomic E-state index is 0.0148. The van der Waals surface area contributed by atoms with Gasteiger partial charge in [0.25, 0.3) is 5.56 Å². The van der Waals surface area contributed by atoms with E-state index in [-0.39, 0.29) is 17.4 Å². The van der Waals surface area contributed by atoms with E-state index in [2.05, 4.69) is 16.3 Å². The monoisotopic (exact) mass is 516 g/mol. The van der Waals surface area contributed by atoms with E-state index in [1.807, 2.05) is 18.4 Å². The Bertz CT molecular complexity index is 1230. The van der Waals surface area contributed by atoms with Crippen LogP contribution < -0.4 is 21.5 Å². The number of aromatic nitrogens is 4. The van der Waals surface area contributed by atoms with Gasteiger partial charge in [-0.1, -0.05) is 11.6 Å². The van der Waals surface area contributed by atoms with Crippen LogP contribution in [0.1, 0.15) is 26.7 Å². The lowest BCUT2D eigenvalue weighted by molar-refractivity contribution is -0.192. The fourth-order valence-corrected chi connectivity index (χ4v) is 4.05. The maximum absolute atomic E-state index is 13.1. The standard InChI is InChI=1S/C20H30N6O3.C2HF3O2/c1-14(2)6-9-25-16-17(22-19(25)24-10-7-21-8-11-24)26(13-15-5-4-12-29-15)20(28)23(3)18(16)27;3-2(4,5)1(6)7/h6,15,21H,4-5,7-13H2,1-3H3;(H,6,7). The highest BCUT2D eigenvalue weighted by Gasteiger charge is 2.38. The van der Waals surface area contributed by atoms with Crippen molar-refractivity contribution < 1.29 is 27.8 Å². The van der Waals surface area contributed by atoms with Crippen molar-refractivity contribution in [1.29, 1.82) is 0 Å². The molecule has 36 heavy (non-hydrogen) atoms. The molecule has 0 spiro atoms. The third-order valence-corrected chi connectivity index (χ3v) is 5.94. The van der Waals surface area contributed by atoms with Crippen LogP contribution in [0.5, 0.6) is 0 Å². The fourth-order valence-electron chi connectivity index (χ4n) is 4.05. The summed E-state index contributed by atoms with van der Waals surface area (Å²) in [6.07, 6.45) is -1.10. The summed E-state index contributed by atoms with van der Waals surface area (Å²) in [7, 11) is 1.54. The van der Waals surface area contributed by atoms with Crippen LogP contribution in [0.3, 0.4) is 0 Å². The van der Waals surface area contributed by atoms with Crippen LogP contribution in [-0.2, 0) is 29.7 Å². The van der Waals surface area contributed by atoms with Gasteiger partial charge >= 0.3 is 17.8 Å². The zero-order chi connectivity index (χ0) is 26.6. The molecule has 2 aromatic heterocycles. The molecule has 14 heteroatoms. The molecule has 0 bridgehead atoms. The van der Waals surface area contributed by atoms with E-state index in [0.29, 0.717) is 24.3 Å². The largest absolute Gasteiger partial charge is 0.490 e. The number of hydrogen-bond donors (Lipinski definition) is 2. The van der Waals surface area contributed by atoms with Crippen LogP contribution in [0.15, 0.2) is 21.2 Å². The number of carboxylic acid groups (broad SMARTS) is 1. The third kappa shape index (κ3) is 6.16. The van der Waals surface area contributed by atoms with Crippen molar-refractivity contribution in [2.75, 3.05) is 37.7 Å². The highest BCUT2D eigenvalue weighted by Crippen LogP contribution is 2.22. The lowest BCUT2D eigenvalue weighted by Crippen LogP contribution is -2.44. The van der Waals surface area contributed by atoms with Crippen LogP contribution in [0.4, 0.5) is 19.1 Å². The van der Waals surface area contributed by atoms with Gasteiger partial charge in [0.1, 0.15) is 0 Å². The minimum Gasteiger partial charge on any atom is -0.475 e. The Hall–Kier alpha value is -3.13. The van der Waals surface area contributed by atoms with Gasteiger partial charge in [-0.15, -0.1) is 0 Å². The van der Waals surface area contributed by atoms with Gasteiger partial charge in [0.15, 0.2) is 11.2 Å². The Morgan fingerprint density at radius 3 is 2.39 bits per heavy atom. The van der Waals surface area contributed by atoms with Gasteiger partial charge in [-0.3, -0.25) is 13.9 Å². The number of nitrogens with one attached hydrogen (secondary N) is 1. The molecule has 2 N–H and O–H groups in total. The maximum atomic E-state index is 13.1. The normalized spacial score (nSPS) is 18.2. The summed E-state index contributed by atoms with van der Waals surface area (Å²) >= 11 is 0. The number of aliphatic carboxylic acids is 1. The smallest absolute Gasteiger partial charge is 0.475 e. The lowest BCUT2D eigenvalue weighted by atomic mass is 10.2. The molecule has 0 saturated carbocycles. The van der Waals surface area contributed by atoms with Crippen LogP contribution in [0, 0.1) is 0 Å². The van der Waals surface area contributed by atoms with Crippen LogP contribution >= 0.6 is 0 Å². The fraction of sp³-hybridized carbons (Fsp3) is 0.636. The summed E-state index contributed by atoms with van der Waals surface area (Å²) in [5, 5.41) is 10.5. The number of carbonyl (C=O) groups is 1. The van der Waals surface area contributed by atoms with Crippen molar-refractivity contribution >= 4 is 23.1 Å². The van der Waals surface area contributed by atoms with E-state index in [9.17, 15) is 22.8 Å². The molecule has 4 rings (SSSR count). The Morgan fingerprint density at radius 1 is 1.22 bits per heavy atom. The average molecular weight is 517 g/mol. The Balaban J connectivity index is 0.000000454. The van der Waals surface area contributed by atoms with E-state index >= 15 is 0 Å². The number of rotatable bonds is 5. The topological polar surface area (TPSA) is 124 Å².